The number of benzene rings is 1. The number of para-hydroxylation sites is 2. The van der Waals surface area contributed by atoms with E-state index in [0.717, 1.165) is 36.4 Å². The molecule has 0 spiro atoms. The summed E-state index contributed by atoms with van der Waals surface area (Å²) >= 11 is 1.40. The van der Waals surface area contributed by atoms with Crippen molar-refractivity contribution in [2.24, 2.45) is 0 Å². The summed E-state index contributed by atoms with van der Waals surface area (Å²) in [5.74, 6) is 1.40. The van der Waals surface area contributed by atoms with Crippen LogP contribution in [-0.2, 0) is 11.3 Å². The highest BCUT2D eigenvalue weighted by Crippen LogP contribution is 2.32. The topological polar surface area (TPSA) is 60.2 Å². The van der Waals surface area contributed by atoms with Crippen LogP contribution in [0.5, 0.6) is 0 Å². The average Bonchev–Trinajstić information content (AvgIpc) is 3.32. The lowest BCUT2D eigenvalue weighted by molar-refractivity contribution is 0.0703. The van der Waals surface area contributed by atoms with Crippen molar-refractivity contribution in [2.75, 3.05) is 20.2 Å². The van der Waals surface area contributed by atoms with Gasteiger partial charge in [0, 0.05) is 32.2 Å². The van der Waals surface area contributed by atoms with Gasteiger partial charge in [-0.15, -0.1) is 11.3 Å². The number of piperidine rings is 1. The molecule has 1 aliphatic heterocycles. The predicted molar refractivity (Wildman–Crippen MR) is 111 cm³/mol. The van der Waals surface area contributed by atoms with Gasteiger partial charge in [0.1, 0.15) is 10.7 Å². The Kier molecular flexibility index (Phi) is 5.46. The van der Waals surface area contributed by atoms with Gasteiger partial charge in [-0.3, -0.25) is 4.79 Å². The van der Waals surface area contributed by atoms with E-state index in [-0.39, 0.29) is 11.8 Å². The molecule has 1 aliphatic rings. The van der Waals surface area contributed by atoms with Crippen LogP contribution in [0, 0.1) is 0 Å². The van der Waals surface area contributed by atoms with Crippen LogP contribution in [0.25, 0.3) is 11.0 Å². The van der Waals surface area contributed by atoms with Crippen LogP contribution in [0.3, 0.4) is 0 Å². The van der Waals surface area contributed by atoms with E-state index >= 15 is 0 Å². The fourth-order valence-corrected chi connectivity index (χ4v) is 4.86. The normalized spacial score (nSPS) is 17.6. The molecule has 1 fully saturated rings. The van der Waals surface area contributed by atoms with Crippen LogP contribution in [-0.4, -0.2) is 45.5 Å². The van der Waals surface area contributed by atoms with Crippen molar-refractivity contribution in [3.63, 3.8) is 0 Å². The number of rotatable bonds is 5. The molecule has 7 heteroatoms. The summed E-state index contributed by atoms with van der Waals surface area (Å²) in [6.45, 7) is 6.22. The number of likely N-dealkylation sites (tertiary alicyclic amines) is 1. The largest absolute Gasteiger partial charge is 0.378 e. The number of ether oxygens (including phenoxy) is 1. The van der Waals surface area contributed by atoms with Crippen molar-refractivity contribution in [3.8, 4) is 0 Å². The van der Waals surface area contributed by atoms with Crippen LogP contribution in [0.2, 0.25) is 0 Å². The van der Waals surface area contributed by atoms with Crippen molar-refractivity contribution in [2.45, 2.75) is 45.3 Å². The maximum absolute atomic E-state index is 13.1. The Labute approximate surface area is 169 Å². The number of aromatic nitrogens is 3. The van der Waals surface area contributed by atoms with Crippen molar-refractivity contribution in [1.82, 2.24) is 19.4 Å². The summed E-state index contributed by atoms with van der Waals surface area (Å²) in [6.07, 6.45) is 2.03. The molecule has 28 heavy (non-hydrogen) atoms. The lowest BCUT2D eigenvalue weighted by atomic mass is 9.96. The van der Waals surface area contributed by atoms with Gasteiger partial charge >= 0.3 is 0 Å². The first kappa shape index (κ1) is 19.1. The number of carbonyl (C=O) groups excluding carboxylic acids is 1. The summed E-state index contributed by atoms with van der Waals surface area (Å²) in [7, 11) is 1.63. The Bertz CT molecular complexity index is 978. The number of hydrogen-bond acceptors (Lipinski definition) is 5. The Hall–Kier alpha value is -2.25. The fraction of sp³-hybridized carbons (Fsp3) is 0.476. The first-order valence-electron chi connectivity index (χ1n) is 9.77. The highest BCUT2D eigenvalue weighted by atomic mass is 32.1. The SMILES string of the molecule is COCc1ncsc1C(=O)N1CCCC(c2nc3ccccc3n2C(C)C)C1. The second-order valence-electron chi connectivity index (χ2n) is 7.57. The van der Waals surface area contributed by atoms with Gasteiger partial charge in [0.15, 0.2) is 0 Å². The standard InChI is InChI=1S/C21H26N4O2S/c1-14(2)25-18-9-5-4-8-16(18)23-20(25)15-7-6-10-24(11-15)21(26)19-17(12-27-3)22-13-28-19/h4-5,8-9,13-15H,6-7,10-12H2,1-3H3. The van der Waals surface area contributed by atoms with Gasteiger partial charge in [0.05, 0.1) is 28.8 Å². The third kappa shape index (κ3) is 3.44. The number of methoxy groups -OCH3 is 1. The van der Waals surface area contributed by atoms with E-state index in [9.17, 15) is 4.79 Å². The number of fused-ring (bicyclic) bond motifs is 1. The predicted octanol–water partition coefficient (Wildman–Crippen LogP) is 4.24. The quantitative estimate of drug-likeness (QED) is 0.645. The Morgan fingerprint density at radius 3 is 2.96 bits per heavy atom. The van der Waals surface area contributed by atoms with E-state index in [1.54, 1.807) is 12.6 Å². The molecule has 0 saturated carbocycles. The molecule has 148 valence electrons. The lowest BCUT2D eigenvalue weighted by Crippen LogP contribution is -2.40. The number of imidazole rings is 1. The van der Waals surface area contributed by atoms with Crippen molar-refractivity contribution < 1.29 is 9.53 Å². The molecule has 3 aromatic rings. The van der Waals surface area contributed by atoms with E-state index in [1.807, 2.05) is 11.0 Å². The Morgan fingerprint density at radius 2 is 2.18 bits per heavy atom. The summed E-state index contributed by atoms with van der Waals surface area (Å²) < 4.78 is 7.52. The number of carbonyl (C=O) groups is 1. The number of thiazole rings is 1. The monoisotopic (exact) mass is 398 g/mol. The molecule has 1 unspecified atom stereocenters. The smallest absolute Gasteiger partial charge is 0.265 e. The molecule has 4 rings (SSSR count). The third-order valence-electron chi connectivity index (χ3n) is 5.33. The molecule has 1 amide bonds. The molecule has 0 bridgehead atoms. The molecule has 2 aromatic heterocycles. The molecular formula is C21H26N4O2S. The highest BCUT2D eigenvalue weighted by Gasteiger charge is 2.31. The minimum Gasteiger partial charge on any atom is -0.378 e. The first-order chi connectivity index (χ1) is 13.6. The van der Waals surface area contributed by atoms with Gasteiger partial charge < -0.3 is 14.2 Å². The van der Waals surface area contributed by atoms with Gasteiger partial charge in [0.2, 0.25) is 0 Å². The minimum absolute atomic E-state index is 0.0615. The van der Waals surface area contributed by atoms with Gasteiger partial charge in [-0.1, -0.05) is 12.1 Å². The van der Waals surface area contributed by atoms with E-state index in [2.05, 4.69) is 41.6 Å². The van der Waals surface area contributed by atoms with Crippen molar-refractivity contribution in [1.29, 1.82) is 0 Å². The van der Waals surface area contributed by atoms with Gasteiger partial charge in [-0.2, -0.15) is 0 Å². The van der Waals surface area contributed by atoms with Crippen LogP contribution in [0.4, 0.5) is 0 Å². The van der Waals surface area contributed by atoms with Gasteiger partial charge in [0.25, 0.3) is 5.91 Å². The zero-order chi connectivity index (χ0) is 19.7. The van der Waals surface area contributed by atoms with Crippen molar-refractivity contribution in [3.05, 3.63) is 46.2 Å². The number of amides is 1. The van der Waals surface area contributed by atoms with E-state index in [4.69, 9.17) is 9.72 Å². The second-order valence-corrected chi connectivity index (χ2v) is 8.43. The summed E-state index contributed by atoms with van der Waals surface area (Å²) in [4.78, 5) is 25.0. The zero-order valence-corrected chi connectivity index (χ0v) is 17.4. The second kappa shape index (κ2) is 8.01. The fourth-order valence-electron chi connectivity index (χ4n) is 4.09. The average molecular weight is 399 g/mol. The number of nitrogens with zero attached hydrogens (tertiary/aromatic N) is 4. The third-order valence-corrected chi connectivity index (χ3v) is 6.19. The Balaban J connectivity index is 1.62. The van der Waals surface area contributed by atoms with E-state index < -0.39 is 0 Å². The first-order valence-corrected chi connectivity index (χ1v) is 10.7. The van der Waals surface area contributed by atoms with Crippen LogP contribution in [0.1, 0.15) is 59.8 Å². The minimum atomic E-state index is 0.0615. The molecule has 6 nitrogen and oxygen atoms in total. The molecule has 1 aromatic carbocycles. The van der Waals surface area contributed by atoms with Gasteiger partial charge in [-0.05, 0) is 38.8 Å². The maximum atomic E-state index is 13.1. The van der Waals surface area contributed by atoms with Crippen LogP contribution in [0.15, 0.2) is 29.8 Å². The Morgan fingerprint density at radius 1 is 1.36 bits per heavy atom. The maximum Gasteiger partial charge on any atom is 0.265 e. The summed E-state index contributed by atoms with van der Waals surface area (Å²) in [6, 6.07) is 8.61. The van der Waals surface area contributed by atoms with Gasteiger partial charge in [-0.25, -0.2) is 9.97 Å². The molecule has 1 saturated heterocycles. The molecule has 0 aliphatic carbocycles. The molecule has 3 heterocycles. The van der Waals surface area contributed by atoms with Crippen molar-refractivity contribution >= 4 is 28.3 Å². The number of hydrogen-bond donors (Lipinski definition) is 0. The summed E-state index contributed by atoms with van der Waals surface area (Å²) in [5.41, 5.74) is 4.65. The molecular weight excluding hydrogens is 372 g/mol. The van der Waals surface area contributed by atoms with E-state index in [0.29, 0.717) is 24.1 Å². The van der Waals surface area contributed by atoms with E-state index in [1.165, 1.54) is 16.9 Å². The van der Waals surface area contributed by atoms with Crippen LogP contribution < -0.4 is 0 Å². The molecule has 0 radical (unpaired) electrons. The molecule has 0 N–H and O–H groups in total. The van der Waals surface area contributed by atoms with Crippen LogP contribution >= 0.6 is 11.3 Å². The summed E-state index contributed by atoms with van der Waals surface area (Å²) in [5, 5.41) is 0. The highest BCUT2D eigenvalue weighted by molar-refractivity contribution is 7.11. The lowest BCUT2D eigenvalue weighted by Gasteiger charge is -2.33. The molecule has 1 atom stereocenters. The zero-order valence-electron chi connectivity index (χ0n) is 16.6.